The Morgan fingerprint density at radius 2 is 2.00 bits per heavy atom. The van der Waals surface area contributed by atoms with Crippen molar-refractivity contribution in [2.24, 2.45) is 5.92 Å². The van der Waals surface area contributed by atoms with Crippen LogP contribution in [-0.4, -0.2) is 18.9 Å². The summed E-state index contributed by atoms with van der Waals surface area (Å²) in [6, 6.07) is 0. The Kier molecular flexibility index (Phi) is 5.34. The molecule has 0 saturated carbocycles. The molecule has 0 rings (SSSR count). The van der Waals surface area contributed by atoms with E-state index in [9.17, 15) is 9.59 Å². The summed E-state index contributed by atoms with van der Waals surface area (Å²) in [6.07, 6.45) is 1.72. The molecule has 0 amide bonds. The zero-order valence-corrected chi connectivity index (χ0v) is 7.92. The summed E-state index contributed by atoms with van der Waals surface area (Å²) in [5, 5.41) is 0. The lowest BCUT2D eigenvalue weighted by molar-refractivity contribution is -0.144. The average molecular weight is 172 g/mol. The number of Topliss-reactive ketones (excluding diaryl/α,β-unsaturated/α-hetero) is 1. The van der Waals surface area contributed by atoms with Crippen molar-refractivity contribution in [2.75, 3.05) is 7.11 Å². The molecular weight excluding hydrogens is 156 g/mol. The van der Waals surface area contributed by atoms with E-state index in [-0.39, 0.29) is 18.1 Å². The third kappa shape index (κ3) is 4.11. The van der Waals surface area contributed by atoms with Crippen LogP contribution in [0.5, 0.6) is 0 Å². The number of ether oxygens (including phenoxy) is 1. The highest BCUT2D eigenvalue weighted by atomic mass is 16.5. The number of ketones is 1. The van der Waals surface area contributed by atoms with Gasteiger partial charge in [0.25, 0.3) is 0 Å². The maximum atomic E-state index is 11.2. The summed E-state index contributed by atoms with van der Waals surface area (Å²) in [7, 11) is 1.29. The first-order valence-electron chi connectivity index (χ1n) is 4.21. The minimum absolute atomic E-state index is 0.0194. The van der Waals surface area contributed by atoms with Crippen LogP contribution in [-0.2, 0) is 14.3 Å². The lowest BCUT2D eigenvalue weighted by Crippen LogP contribution is -2.16. The number of carbonyl (C=O) groups excluding carboxylic acids is 2. The highest BCUT2D eigenvalue weighted by Crippen LogP contribution is 2.08. The van der Waals surface area contributed by atoms with Gasteiger partial charge in [-0.25, -0.2) is 0 Å². The third-order valence-electron chi connectivity index (χ3n) is 1.82. The number of hydrogen-bond donors (Lipinski definition) is 0. The van der Waals surface area contributed by atoms with Crippen LogP contribution < -0.4 is 0 Å². The van der Waals surface area contributed by atoms with Crippen LogP contribution in [0, 0.1) is 5.92 Å². The number of carbonyl (C=O) groups is 2. The zero-order valence-electron chi connectivity index (χ0n) is 7.92. The van der Waals surface area contributed by atoms with Crippen LogP contribution >= 0.6 is 0 Å². The van der Waals surface area contributed by atoms with Gasteiger partial charge in [-0.05, 0) is 6.42 Å². The molecule has 0 fully saturated rings. The molecule has 0 aliphatic rings. The van der Waals surface area contributed by atoms with Crippen molar-refractivity contribution in [2.45, 2.75) is 33.1 Å². The summed E-state index contributed by atoms with van der Waals surface area (Å²) in [6.45, 7) is 3.86. The van der Waals surface area contributed by atoms with Crippen LogP contribution in [0.25, 0.3) is 0 Å². The molecule has 12 heavy (non-hydrogen) atoms. The first kappa shape index (κ1) is 11.1. The second-order valence-corrected chi connectivity index (χ2v) is 2.91. The SMILES string of the molecule is CCC[C@H](C)C(=O)CC(=O)OC. The van der Waals surface area contributed by atoms with E-state index < -0.39 is 5.97 Å². The molecular formula is C9H16O3. The van der Waals surface area contributed by atoms with Gasteiger partial charge in [-0.1, -0.05) is 20.3 Å². The van der Waals surface area contributed by atoms with Gasteiger partial charge in [0, 0.05) is 5.92 Å². The fourth-order valence-corrected chi connectivity index (χ4v) is 0.983. The second-order valence-electron chi connectivity index (χ2n) is 2.91. The molecule has 3 heteroatoms. The van der Waals surface area contributed by atoms with E-state index in [0.717, 1.165) is 12.8 Å². The maximum absolute atomic E-state index is 11.2. The Morgan fingerprint density at radius 1 is 1.42 bits per heavy atom. The van der Waals surface area contributed by atoms with Crippen molar-refractivity contribution in [1.82, 2.24) is 0 Å². The first-order valence-corrected chi connectivity index (χ1v) is 4.21. The molecule has 0 spiro atoms. The lowest BCUT2D eigenvalue weighted by Gasteiger charge is -2.06. The molecule has 0 N–H and O–H groups in total. The summed E-state index contributed by atoms with van der Waals surface area (Å²) in [5.41, 5.74) is 0. The number of hydrogen-bond acceptors (Lipinski definition) is 3. The largest absolute Gasteiger partial charge is 0.469 e. The van der Waals surface area contributed by atoms with Crippen LogP contribution in [0.3, 0.4) is 0 Å². The quantitative estimate of drug-likeness (QED) is 0.467. The van der Waals surface area contributed by atoms with Gasteiger partial charge in [-0.3, -0.25) is 9.59 Å². The van der Waals surface area contributed by atoms with Gasteiger partial charge in [0.2, 0.25) is 0 Å². The average Bonchev–Trinajstić information content (AvgIpc) is 2.04. The number of rotatable bonds is 5. The predicted molar refractivity (Wildman–Crippen MR) is 45.7 cm³/mol. The molecule has 0 bridgehead atoms. The van der Waals surface area contributed by atoms with Gasteiger partial charge >= 0.3 is 5.97 Å². The minimum Gasteiger partial charge on any atom is -0.469 e. The van der Waals surface area contributed by atoms with E-state index >= 15 is 0 Å². The molecule has 0 unspecified atom stereocenters. The summed E-state index contributed by atoms with van der Waals surface area (Å²) in [5.74, 6) is -0.485. The molecule has 0 heterocycles. The first-order chi connectivity index (χ1) is 5.61. The van der Waals surface area contributed by atoms with Gasteiger partial charge in [0.1, 0.15) is 12.2 Å². The highest BCUT2D eigenvalue weighted by Gasteiger charge is 2.15. The predicted octanol–water partition coefficient (Wildman–Crippen LogP) is 1.55. The second kappa shape index (κ2) is 5.75. The van der Waals surface area contributed by atoms with Gasteiger partial charge in [-0.2, -0.15) is 0 Å². The van der Waals surface area contributed by atoms with Crippen molar-refractivity contribution in [3.63, 3.8) is 0 Å². The molecule has 0 saturated heterocycles. The fraction of sp³-hybridized carbons (Fsp3) is 0.778. The number of methoxy groups -OCH3 is 1. The van der Waals surface area contributed by atoms with E-state index in [0.29, 0.717) is 0 Å². The molecule has 0 radical (unpaired) electrons. The molecule has 0 aromatic rings. The van der Waals surface area contributed by atoms with Crippen LogP contribution in [0.2, 0.25) is 0 Å². The standard InChI is InChI=1S/C9H16O3/c1-4-5-7(2)8(10)6-9(11)12-3/h7H,4-6H2,1-3H3/t7-/m0/s1. The number of esters is 1. The van der Waals surface area contributed by atoms with E-state index in [4.69, 9.17) is 0 Å². The minimum atomic E-state index is -0.442. The topological polar surface area (TPSA) is 43.4 Å². The molecule has 0 aromatic heterocycles. The van der Waals surface area contributed by atoms with Crippen LogP contribution in [0.1, 0.15) is 33.1 Å². The smallest absolute Gasteiger partial charge is 0.313 e. The molecule has 0 aromatic carbocycles. The molecule has 3 nitrogen and oxygen atoms in total. The third-order valence-corrected chi connectivity index (χ3v) is 1.82. The summed E-state index contributed by atoms with van der Waals surface area (Å²) >= 11 is 0. The van der Waals surface area contributed by atoms with Crippen molar-refractivity contribution in [3.8, 4) is 0 Å². The van der Waals surface area contributed by atoms with E-state index in [1.54, 1.807) is 0 Å². The van der Waals surface area contributed by atoms with Crippen LogP contribution in [0.4, 0.5) is 0 Å². The monoisotopic (exact) mass is 172 g/mol. The zero-order chi connectivity index (χ0) is 9.56. The van der Waals surface area contributed by atoms with Gasteiger partial charge in [-0.15, -0.1) is 0 Å². The van der Waals surface area contributed by atoms with Crippen molar-refractivity contribution in [3.05, 3.63) is 0 Å². The molecule has 0 aliphatic heterocycles. The Balaban J connectivity index is 3.78. The van der Waals surface area contributed by atoms with E-state index in [1.807, 2.05) is 13.8 Å². The van der Waals surface area contributed by atoms with Gasteiger partial charge < -0.3 is 4.74 Å². The summed E-state index contributed by atoms with van der Waals surface area (Å²) < 4.78 is 4.39. The highest BCUT2D eigenvalue weighted by molar-refractivity contribution is 5.96. The van der Waals surface area contributed by atoms with E-state index in [1.165, 1.54) is 7.11 Å². The van der Waals surface area contributed by atoms with Gasteiger partial charge in [0.05, 0.1) is 7.11 Å². The molecule has 70 valence electrons. The van der Waals surface area contributed by atoms with Crippen molar-refractivity contribution < 1.29 is 14.3 Å². The Morgan fingerprint density at radius 3 is 2.42 bits per heavy atom. The van der Waals surface area contributed by atoms with Crippen molar-refractivity contribution >= 4 is 11.8 Å². The lowest BCUT2D eigenvalue weighted by atomic mass is 9.99. The van der Waals surface area contributed by atoms with Crippen molar-refractivity contribution in [1.29, 1.82) is 0 Å². The maximum Gasteiger partial charge on any atom is 0.313 e. The molecule has 1 atom stereocenters. The molecule has 0 aliphatic carbocycles. The van der Waals surface area contributed by atoms with Crippen LogP contribution in [0.15, 0.2) is 0 Å². The van der Waals surface area contributed by atoms with Gasteiger partial charge in [0.15, 0.2) is 0 Å². The Bertz CT molecular complexity index is 163. The Hall–Kier alpha value is -0.860. The van der Waals surface area contributed by atoms with E-state index in [2.05, 4.69) is 4.74 Å². The Labute approximate surface area is 73.1 Å². The fourth-order valence-electron chi connectivity index (χ4n) is 0.983. The summed E-state index contributed by atoms with van der Waals surface area (Å²) in [4.78, 5) is 21.9. The normalized spacial score (nSPS) is 12.2.